The van der Waals surface area contributed by atoms with E-state index in [1.165, 1.54) is 0 Å². The fourth-order valence-corrected chi connectivity index (χ4v) is 1.89. The fourth-order valence-electron chi connectivity index (χ4n) is 1.89. The van der Waals surface area contributed by atoms with Gasteiger partial charge in [-0.15, -0.1) is 0 Å². The Kier molecular flexibility index (Phi) is 3.72. The summed E-state index contributed by atoms with van der Waals surface area (Å²) in [4.78, 5) is 0. The van der Waals surface area contributed by atoms with Crippen LogP contribution in [0.4, 0.5) is 0 Å². The van der Waals surface area contributed by atoms with Gasteiger partial charge in [0.25, 0.3) is 0 Å². The van der Waals surface area contributed by atoms with Crippen LogP contribution < -0.4 is 5.32 Å². The van der Waals surface area contributed by atoms with E-state index in [-0.39, 0.29) is 12.6 Å². The van der Waals surface area contributed by atoms with Crippen LogP contribution >= 0.6 is 0 Å². The van der Waals surface area contributed by atoms with Crippen LogP contribution in [0.2, 0.25) is 0 Å². The zero-order chi connectivity index (χ0) is 10.5. The van der Waals surface area contributed by atoms with E-state index in [1.54, 1.807) is 0 Å². The van der Waals surface area contributed by atoms with Crippen molar-refractivity contribution in [2.24, 2.45) is 0 Å². The number of ether oxygens (including phenoxy) is 1. The van der Waals surface area contributed by atoms with Gasteiger partial charge in [0.1, 0.15) is 0 Å². The third-order valence-corrected chi connectivity index (χ3v) is 2.75. The van der Waals surface area contributed by atoms with Gasteiger partial charge < -0.3 is 15.2 Å². The van der Waals surface area contributed by atoms with E-state index in [4.69, 9.17) is 4.74 Å². The molecule has 1 saturated heterocycles. The highest BCUT2D eigenvalue weighted by atomic mass is 16.5. The van der Waals surface area contributed by atoms with Crippen molar-refractivity contribution in [3.63, 3.8) is 0 Å². The monoisotopic (exact) mass is 207 g/mol. The lowest BCUT2D eigenvalue weighted by Crippen LogP contribution is -2.34. The van der Waals surface area contributed by atoms with Crippen molar-refractivity contribution in [2.45, 2.75) is 18.5 Å². The maximum Gasteiger partial charge on any atom is 0.0626 e. The Labute approximate surface area is 90.1 Å². The van der Waals surface area contributed by atoms with Crippen LogP contribution in [0, 0.1) is 0 Å². The summed E-state index contributed by atoms with van der Waals surface area (Å²) in [7, 11) is 0. The number of rotatable bonds is 4. The Hall–Kier alpha value is -0.900. The molecule has 2 atom stereocenters. The van der Waals surface area contributed by atoms with Crippen molar-refractivity contribution >= 4 is 0 Å². The largest absolute Gasteiger partial charge is 0.394 e. The molecule has 0 radical (unpaired) electrons. The third kappa shape index (κ3) is 2.78. The van der Waals surface area contributed by atoms with Gasteiger partial charge >= 0.3 is 0 Å². The van der Waals surface area contributed by atoms with E-state index in [1.807, 2.05) is 30.3 Å². The molecule has 82 valence electrons. The molecule has 0 saturated carbocycles. The summed E-state index contributed by atoms with van der Waals surface area (Å²) < 4.78 is 5.29. The van der Waals surface area contributed by atoms with Crippen molar-refractivity contribution in [3.05, 3.63) is 35.9 Å². The average Bonchev–Trinajstić information content (AvgIpc) is 2.80. The summed E-state index contributed by atoms with van der Waals surface area (Å²) in [5.41, 5.74) is 1.13. The van der Waals surface area contributed by atoms with Crippen molar-refractivity contribution < 1.29 is 9.84 Å². The van der Waals surface area contributed by atoms with Crippen LogP contribution in [0.3, 0.4) is 0 Å². The molecule has 0 spiro atoms. The molecule has 0 bridgehead atoms. The molecular weight excluding hydrogens is 190 g/mol. The van der Waals surface area contributed by atoms with Crippen LogP contribution in [0.15, 0.2) is 30.3 Å². The molecule has 0 aromatic heterocycles. The highest BCUT2D eigenvalue weighted by molar-refractivity contribution is 5.19. The molecule has 0 amide bonds. The molecule has 1 aliphatic heterocycles. The summed E-state index contributed by atoms with van der Waals surface area (Å²) in [6.07, 6.45) is 1.03. The van der Waals surface area contributed by atoms with Gasteiger partial charge in [0.05, 0.1) is 19.3 Å². The van der Waals surface area contributed by atoms with Crippen molar-refractivity contribution in [2.75, 3.05) is 19.8 Å². The molecule has 1 aromatic carbocycles. The van der Waals surface area contributed by atoms with E-state index >= 15 is 0 Å². The molecule has 3 heteroatoms. The lowest BCUT2D eigenvalue weighted by Gasteiger charge is -2.20. The molecule has 3 nitrogen and oxygen atoms in total. The highest BCUT2D eigenvalue weighted by Gasteiger charge is 2.19. The Morgan fingerprint density at radius 1 is 1.40 bits per heavy atom. The number of nitrogens with one attached hydrogen (secondary N) is 1. The van der Waals surface area contributed by atoms with E-state index in [0.29, 0.717) is 6.04 Å². The molecule has 1 aliphatic rings. The van der Waals surface area contributed by atoms with E-state index in [0.717, 1.165) is 25.2 Å². The normalized spacial score (nSPS) is 22.9. The second kappa shape index (κ2) is 5.26. The lowest BCUT2D eigenvalue weighted by molar-refractivity contribution is 0.180. The molecule has 2 rings (SSSR count). The molecule has 1 fully saturated rings. The molecule has 0 aliphatic carbocycles. The van der Waals surface area contributed by atoms with Crippen molar-refractivity contribution in [1.29, 1.82) is 0 Å². The van der Waals surface area contributed by atoms with Gasteiger partial charge in [-0.1, -0.05) is 30.3 Å². The van der Waals surface area contributed by atoms with Gasteiger partial charge in [-0.25, -0.2) is 0 Å². The maximum absolute atomic E-state index is 9.34. The van der Waals surface area contributed by atoms with Gasteiger partial charge in [0.15, 0.2) is 0 Å². The number of hydrogen-bond acceptors (Lipinski definition) is 3. The SMILES string of the molecule is OC[C@H](NC1CCOC1)c1ccccc1. The standard InChI is InChI=1S/C12H17NO2/c14-8-12(10-4-2-1-3-5-10)13-11-6-7-15-9-11/h1-5,11-14H,6-9H2/t11?,12-/m0/s1. The van der Waals surface area contributed by atoms with Gasteiger partial charge in [-0.05, 0) is 12.0 Å². The minimum atomic E-state index is 0.0258. The fraction of sp³-hybridized carbons (Fsp3) is 0.500. The predicted molar refractivity (Wildman–Crippen MR) is 58.6 cm³/mol. The zero-order valence-electron chi connectivity index (χ0n) is 8.73. The summed E-state index contributed by atoms with van der Waals surface area (Å²) in [6, 6.07) is 10.4. The summed E-state index contributed by atoms with van der Waals surface area (Å²) in [6.45, 7) is 1.70. The summed E-state index contributed by atoms with van der Waals surface area (Å²) >= 11 is 0. The first-order chi connectivity index (χ1) is 7.40. The average molecular weight is 207 g/mol. The maximum atomic E-state index is 9.34. The van der Waals surface area contributed by atoms with Crippen LogP contribution in [-0.4, -0.2) is 31.0 Å². The van der Waals surface area contributed by atoms with Gasteiger partial charge in [-0.3, -0.25) is 0 Å². The predicted octanol–water partition coefficient (Wildman–Crippen LogP) is 1.10. The van der Waals surface area contributed by atoms with Crippen LogP contribution in [-0.2, 0) is 4.74 Å². The molecule has 2 N–H and O–H groups in total. The van der Waals surface area contributed by atoms with Crippen LogP contribution in [0.25, 0.3) is 0 Å². The molecule has 1 heterocycles. The van der Waals surface area contributed by atoms with E-state index < -0.39 is 0 Å². The first-order valence-corrected chi connectivity index (χ1v) is 5.40. The molecule has 1 unspecified atom stereocenters. The summed E-state index contributed by atoms with van der Waals surface area (Å²) in [5.74, 6) is 0. The number of aliphatic hydroxyl groups excluding tert-OH is 1. The van der Waals surface area contributed by atoms with Gasteiger partial charge in [0, 0.05) is 12.6 Å². The molecular formula is C12H17NO2. The number of benzene rings is 1. The highest BCUT2D eigenvalue weighted by Crippen LogP contribution is 2.15. The Bertz CT molecular complexity index is 283. The third-order valence-electron chi connectivity index (χ3n) is 2.75. The first kappa shape index (κ1) is 10.6. The first-order valence-electron chi connectivity index (χ1n) is 5.40. The van der Waals surface area contributed by atoms with Crippen molar-refractivity contribution in [1.82, 2.24) is 5.32 Å². The lowest BCUT2D eigenvalue weighted by atomic mass is 10.1. The molecule has 15 heavy (non-hydrogen) atoms. The second-order valence-electron chi connectivity index (χ2n) is 3.87. The van der Waals surface area contributed by atoms with E-state index in [2.05, 4.69) is 5.32 Å². The topological polar surface area (TPSA) is 41.5 Å². The molecule has 1 aromatic rings. The smallest absolute Gasteiger partial charge is 0.0626 e. The second-order valence-corrected chi connectivity index (χ2v) is 3.87. The quantitative estimate of drug-likeness (QED) is 0.776. The van der Waals surface area contributed by atoms with Crippen LogP contribution in [0.1, 0.15) is 18.0 Å². The Balaban J connectivity index is 1.97. The Morgan fingerprint density at radius 3 is 2.80 bits per heavy atom. The summed E-state index contributed by atoms with van der Waals surface area (Å²) in [5, 5.41) is 12.7. The minimum Gasteiger partial charge on any atom is -0.394 e. The van der Waals surface area contributed by atoms with Crippen molar-refractivity contribution in [3.8, 4) is 0 Å². The van der Waals surface area contributed by atoms with E-state index in [9.17, 15) is 5.11 Å². The van der Waals surface area contributed by atoms with Gasteiger partial charge in [-0.2, -0.15) is 0 Å². The number of aliphatic hydroxyl groups is 1. The Morgan fingerprint density at radius 2 is 2.20 bits per heavy atom. The van der Waals surface area contributed by atoms with Gasteiger partial charge in [0.2, 0.25) is 0 Å². The minimum absolute atomic E-state index is 0.0258. The number of hydrogen-bond donors (Lipinski definition) is 2. The van der Waals surface area contributed by atoms with Crippen LogP contribution in [0.5, 0.6) is 0 Å². The zero-order valence-corrected chi connectivity index (χ0v) is 8.73.